The molecule has 1 N–H and O–H groups in total. The van der Waals surface area contributed by atoms with Gasteiger partial charge in [0, 0.05) is 30.9 Å². The molecule has 2 aromatic rings. The standard InChI is InChI=1S/C18H22N4.ClH/c1-4-10-19-18-20-14(3)13(2)17(21-18)22-11-9-15-7-5-6-8-16(15)12-22;/h4-8H,1,9-12H2,2-3H3,(H,19,20,21);1H. The first-order valence-corrected chi connectivity index (χ1v) is 7.70. The van der Waals surface area contributed by atoms with Gasteiger partial charge in [-0.05, 0) is 31.4 Å². The molecule has 4 nitrogen and oxygen atoms in total. The fraction of sp³-hybridized carbons (Fsp3) is 0.333. The molecule has 1 aliphatic rings. The summed E-state index contributed by atoms with van der Waals surface area (Å²) < 4.78 is 0. The molecule has 0 radical (unpaired) electrons. The summed E-state index contributed by atoms with van der Waals surface area (Å²) in [6.07, 6.45) is 2.88. The van der Waals surface area contributed by atoms with Crippen molar-refractivity contribution in [2.75, 3.05) is 23.3 Å². The Labute approximate surface area is 144 Å². The molecule has 1 aromatic carbocycles. The first-order chi connectivity index (χ1) is 10.7. The zero-order chi connectivity index (χ0) is 15.5. The van der Waals surface area contributed by atoms with E-state index >= 15 is 0 Å². The van der Waals surface area contributed by atoms with Gasteiger partial charge in [0.15, 0.2) is 0 Å². The minimum absolute atomic E-state index is 0. The average Bonchev–Trinajstić information content (AvgIpc) is 2.55. The lowest BCUT2D eigenvalue weighted by atomic mass is 9.99. The van der Waals surface area contributed by atoms with Crippen LogP contribution in [-0.2, 0) is 13.0 Å². The number of fused-ring (bicyclic) bond motifs is 1. The highest BCUT2D eigenvalue weighted by molar-refractivity contribution is 5.85. The van der Waals surface area contributed by atoms with Crippen LogP contribution in [-0.4, -0.2) is 23.1 Å². The van der Waals surface area contributed by atoms with Crippen LogP contribution in [0.5, 0.6) is 0 Å². The molecule has 0 fully saturated rings. The van der Waals surface area contributed by atoms with Gasteiger partial charge in [-0.1, -0.05) is 30.3 Å². The first kappa shape index (κ1) is 17.3. The number of nitrogens with one attached hydrogen (secondary N) is 1. The minimum atomic E-state index is 0. The van der Waals surface area contributed by atoms with Crippen molar-refractivity contribution in [1.29, 1.82) is 0 Å². The van der Waals surface area contributed by atoms with Gasteiger partial charge in [0.1, 0.15) is 5.82 Å². The van der Waals surface area contributed by atoms with E-state index in [4.69, 9.17) is 4.98 Å². The van der Waals surface area contributed by atoms with E-state index in [-0.39, 0.29) is 12.4 Å². The van der Waals surface area contributed by atoms with Crippen LogP contribution in [0.4, 0.5) is 11.8 Å². The van der Waals surface area contributed by atoms with Crippen molar-refractivity contribution < 1.29 is 0 Å². The van der Waals surface area contributed by atoms with Gasteiger partial charge in [0.05, 0.1) is 0 Å². The van der Waals surface area contributed by atoms with E-state index in [9.17, 15) is 0 Å². The third-order valence-electron chi connectivity index (χ3n) is 4.20. The van der Waals surface area contributed by atoms with Gasteiger partial charge < -0.3 is 10.2 Å². The van der Waals surface area contributed by atoms with Crippen LogP contribution in [0.2, 0.25) is 0 Å². The van der Waals surface area contributed by atoms with Gasteiger partial charge in [-0.2, -0.15) is 4.98 Å². The maximum atomic E-state index is 4.72. The van der Waals surface area contributed by atoms with Crippen molar-refractivity contribution in [2.45, 2.75) is 26.8 Å². The lowest BCUT2D eigenvalue weighted by Gasteiger charge is -2.31. The summed E-state index contributed by atoms with van der Waals surface area (Å²) in [4.78, 5) is 11.6. The Bertz CT molecular complexity index is 699. The summed E-state index contributed by atoms with van der Waals surface area (Å²) in [5, 5.41) is 3.19. The molecule has 3 rings (SSSR count). The molecular formula is C18H23ClN4. The molecular weight excluding hydrogens is 308 g/mol. The molecule has 23 heavy (non-hydrogen) atoms. The molecule has 0 saturated carbocycles. The third kappa shape index (κ3) is 3.64. The van der Waals surface area contributed by atoms with E-state index in [1.54, 1.807) is 0 Å². The summed E-state index contributed by atoms with van der Waals surface area (Å²) in [7, 11) is 0. The van der Waals surface area contributed by atoms with Crippen LogP contribution < -0.4 is 10.2 Å². The van der Waals surface area contributed by atoms with E-state index < -0.39 is 0 Å². The summed E-state index contributed by atoms with van der Waals surface area (Å²) in [6, 6.07) is 8.66. The number of hydrogen-bond donors (Lipinski definition) is 1. The Morgan fingerprint density at radius 2 is 1.96 bits per heavy atom. The molecule has 0 unspecified atom stereocenters. The Hall–Kier alpha value is -2.07. The second-order valence-electron chi connectivity index (χ2n) is 5.69. The Morgan fingerprint density at radius 1 is 1.22 bits per heavy atom. The number of rotatable bonds is 4. The summed E-state index contributed by atoms with van der Waals surface area (Å²) in [6.45, 7) is 10.4. The van der Waals surface area contributed by atoms with Crippen molar-refractivity contribution >= 4 is 24.2 Å². The van der Waals surface area contributed by atoms with Crippen molar-refractivity contribution in [3.63, 3.8) is 0 Å². The zero-order valence-electron chi connectivity index (χ0n) is 13.7. The second-order valence-corrected chi connectivity index (χ2v) is 5.69. The Morgan fingerprint density at radius 3 is 2.70 bits per heavy atom. The lowest BCUT2D eigenvalue weighted by molar-refractivity contribution is 0.715. The van der Waals surface area contributed by atoms with Gasteiger partial charge in [0.25, 0.3) is 0 Å². The van der Waals surface area contributed by atoms with Crippen molar-refractivity contribution in [3.8, 4) is 0 Å². The topological polar surface area (TPSA) is 41.1 Å². The largest absolute Gasteiger partial charge is 0.352 e. The molecule has 5 heteroatoms. The Balaban J connectivity index is 0.00000192. The summed E-state index contributed by atoms with van der Waals surface area (Å²) in [5.74, 6) is 1.71. The molecule has 1 aromatic heterocycles. The van der Waals surface area contributed by atoms with Gasteiger partial charge in [-0.3, -0.25) is 0 Å². The predicted molar refractivity (Wildman–Crippen MR) is 98.6 cm³/mol. The van der Waals surface area contributed by atoms with E-state index in [0.717, 1.165) is 36.6 Å². The highest BCUT2D eigenvalue weighted by Crippen LogP contribution is 2.27. The van der Waals surface area contributed by atoms with Crippen molar-refractivity contribution in [2.24, 2.45) is 0 Å². The third-order valence-corrected chi connectivity index (χ3v) is 4.20. The number of aryl methyl sites for hydroxylation is 1. The van der Waals surface area contributed by atoms with Crippen LogP contribution >= 0.6 is 12.4 Å². The number of nitrogens with zero attached hydrogens (tertiary/aromatic N) is 3. The van der Waals surface area contributed by atoms with Gasteiger partial charge >= 0.3 is 0 Å². The van der Waals surface area contributed by atoms with Gasteiger partial charge in [0.2, 0.25) is 5.95 Å². The Kier molecular flexibility index (Phi) is 5.61. The second kappa shape index (κ2) is 7.47. The molecule has 1 aliphatic heterocycles. The normalized spacial score (nSPS) is 13.0. The summed E-state index contributed by atoms with van der Waals surface area (Å²) >= 11 is 0. The van der Waals surface area contributed by atoms with Crippen LogP contribution in [0.25, 0.3) is 0 Å². The SMILES string of the molecule is C=CCNc1nc(C)c(C)c(N2CCc3ccccc3C2)n1.Cl. The zero-order valence-corrected chi connectivity index (χ0v) is 14.5. The number of benzene rings is 1. The molecule has 0 spiro atoms. The highest BCUT2D eigenvalue weighted by Gasteiger charge is 2.20. The molecule has 0 saturated heterocycles. The van der Waals surface area contributed by atoms with Crippen LogP contribution in [0, 0.1) is 13.8 Å². The number of anilines is 2. The molecule has 0 bridgehead atoms. The van der Waals surface area contributed by atoms with E-state index in [1.807, 2.05) is 13.0 Å². The van der Waals surface area contributed by atoms with Gasteiger partial charge in [-0.15, -0.1) is 19.0 Å². The van der Waals surface area contributed by atoms with E-state index in [2.05, 4.69) is 53.0 Å². The van der Waals surface area contributed by atoms with Crippen molar-refractivity contribution in [3.05, 3.63) is 59.3 Å². The molecule has 2 heterocycles. The smallest absolute Gasteiger partial charge is 0.225 e. The van der Waals surface area contributed by atoms with E-state index in [1.165, 1.54) is 11.1 Å². The molecule has 122 valence electrons. The van der Waals surface area contributed by atoms with Gasteiger partial charge in [-0.25, -0.2) is 4.98 Å². The first-order valence-electron chi connectivity index (χ1n) is 7.70. The van der Waals surface area contributed by atoms with Crippen molar-refractivity contribution in [1.82, 2.24) is 9.97 Å². The highest BCUT2D eigenvalue weighted by atomic mass is 35.5. The van der Waals surface area contributed by atoms with E-state index in [0.29, 0.717) is 12.5 Å². The number of halogens is 1. The fourth-order valence-electron chi connectivity index (χ4n) is 2.84. The fourth-order valence-corrected chi connectivity index (χ4v) is 2.84. The average molecular weight is 331 g/mol. The summed E-state index contributed by atoms with van der Waals surface area (Å²) in [5.41, 5.74) is 5.02. The predicted octanol–water partition coefficient (Wildman–Crippen LogP) is 3.68. The maximum Gasteiger partial charge on any atom is 0.225 e. The number of hydrogen-bond acceptors (Lipinski definition) is 4. The van der Waals surface area contributed by atoms with Crippen LogP contribution in [0.3, 0.4) is 0 Å². The maximum absolute atomic E-state index is 4.72. The number of aromatic nitrogens is 2. The monoisotopic (exact) mass is 330 g/mol. The molecule has 0 amide bonds. The lowest BCUT2D eigenvalue weighted by Crippen LogP contribution is -2.32. The molecule has 0 atom stereocenters. The van der Waals surface area contributed by atoms with Crippen LogP contribution in [0.1, 0.15) is 22.4 Å². The van der Waals surface area contributed by atoms with Crippen LogP contribution in [0.15, 0.2) is 36.9 Å². The minimum Gasteiger partial charge on any atom is -0.352 e. The quantitative estimate of drug-likeness (QED) is 0.868. The molecule has 0 aliphatic carbocycles.